The van der Waals surface area contributed by atoms with Crippen LogP contribution in [0.4, 0.5) is 0 Å². The number of hydrogen-bond donors (Lipinski definition) is 1. The molecule has 3 heteroatoms. The summed E-state index contributed by atoms with van der Waals surface area (Å²) in [5.41, 5.74) is 0. The van der Waals surface area contributed by atoms with Gasteiger partial charge in [-0.15, -0.1) is 0 Å². The van der Waals surface area contributed by atoms with Crippen LogP contribution >= 0.6 is 0 Å². The summed E-state index contributed by atoms with van der Waals surface area (Å²) < 4.78 is 11.1. The molecule has 0 aliphatic heterocycles. The average Bonchev–Trinajstić information content (AvgIpc) is 2.37. The van der Waals surface area contributed by atoms with Crippen LogP contribution in [0.15, 0.2) is 24.3 Å². The Balaban J connectivity index is 2.50. The zero-order valence-electron chi connectivity index (χ0n) is 10.8. The lowest BCUT2D eigenvalue weighted by molar-refractivity contribution is 0.0451. The molecule has 0 bridgehead atoms. The molecule has 0 aliphatic carbocycles. The van der Waals surface area contributed by atoms with E-state index >= 15 is 0 Å². The van der Waals surface area contributed by atoms with Crippen LogP contribution in [0.1, 0.15) is 33.6 Å². The summed E-state index contributed by atoms with van der Waals surface area (Å²) in [6.07, 6.45) is 1.07. The van der Waals surface area contributed by atoms with Gasteiger partial charge in [-0.25, -0.2) is 0 Å². The van der Waals surface area contributed by atoms with Crippen LogP contribution < -0.4 is 9.47 Å². The minimum absolute atomic E-state index is 0.192. The SMILES string of the molecule is CCCOc1ccc(OC(C)C(O)CC)cc1. The third-order valence-electron chi connectivity index (χ3n) is 2.58. The molecule has 0 fully saturated rings. The Morgan fingerprint density at radius 2 is 1.71 bits per heavy atom. The Morgan fingerprint density at radius 3 is 2.24 bits per heavy atom. The molecule has 1 N–H and O–H groups in total. The van der Waals surface area contributed by atoms with Gasteiger partial charge in [0, 0.05) is 0 Å². The lowest BCUT2D eigenvalue weighted by Gasteiger charge is -2.19. The Bertz CT molecular complexity index is 308. The van der Waals surface area contributed by atoms with Crippen molar-refractivity contribution in [3.8, 4) is 11.5 Å². The van der Waals surface area contributed by atoms with Gasteiger partial charge in [-0.3, -0.25) is 0 Å². The summed E-state index contributed by atoms with van der Waals surface area (Å²) in [7, 11) is 0. The second-order valence-corrected chi connectivity index (χ2v) is 4.12. The number of aliphatic hydroxyl groups excluding tert-OH is 1. The minimum atomic E-state index is -0.425. The molecule has 0 aromatic heterocycles. The highest BCUT2D eigenvalue weighted by Crippen LogP contribution is 2.19. The molecule has 0 spiro atoms. The van der Waals surface area contributed by atoms with E-state index in [0.717, 1.165) is 24.5 Å². The van der Waals surface area contributed by atoms with Crippen LogP contribution in [-0.4, -0.2) is 23.9 Å². The van der Waals surface area contributed by atoms with E-state index in [-0.39, 0.29) is 6.10 Å². The summed E-state index contributed by atoms with van der Waals surface area (Å²) in [4.78, 5) is 0. The molecular formula is C14H22O3. The quantitative estimate of drug-likeness (QED) is 0.793. The fourth-order valence-electron chi connectivity index (χ4n) is 1.46. The van der Waals surface area contributed by atoms with E-state index in [4.69, 9.17) is 9.47 Å². The van der Waals surface area contributed by atoms with Gasteiger partial charge in [-0.05, 0) is 44.0 Å². The number of aliphatic hydroxyl groups is 1. The zero-order valence-corrected chi connectivity index (χ0v) is 10.8. The van der Waals surface area contributed by atoms with E-state index in [0.29, 0.717) is 6.42 Å². The first-order valence-corrected chi connectivity index (χ1v) is 6.25. The van der Waals surface area contributed by atoms with Crippen molar-refractivity contribution in [2.45, 2.75) is 45.8 Å². The fourth-order valence-corrected chi connectivity index (χ4v) is 1.46. The van der Waals surface area contributed by atoms with E-state index < -0.39 is 6.10 Å². The van der Waals surface area contributed by atoms with Crippen LogP contribution in [0.3, 0.4) is 0 Å². The van der Waals surface area contributed by atoms with Gasteiger partial charge in [0.15, 0.2) is 0 Å². The molecule has 0 radical (unpaired) electrons. The second-order valence-electron chi connectivity index (χ2n) is 4.12. The molecule has 1 rings (SSSR count). The molecule has 3 nitrogen and oxygen atoms in total. The lowest BCUT2D eigenvalue weighted by atomic mass is 10.2. The molecule has 17 heavy (non-hydrogen) atoms. The van der Waals surface area contributed by atoms with Crippen molar-refractivity contribution in [2.24, 2.45) is 0 Å². The van der Waals surface area contributed by atoms with Crippen LogP contribution in [0, 0.1) is 0 Å². The van der Waals surface area contributed by atoms with Crippen molar-refractivity contribution in [1.82, 2.24) is 0 Å². The standard InChI is InChI=1S/C14H22O3/c1-4-10-16-12-6-8-13(9-7-12)17-11(3)14(15)5-2/h6-9,11,14-15H,4-5,10H2,1-3H3. The predicted octanol–water partition coefficient (Wildman–Crippen LogP) is 3.01. The van der Waals surface area contributed by atoms with Crippen LogP contribution in [0.5, 0.6) is 11.5 Å². The topological polar surface area (TPSA) is 38.7 Å². The molecule has 0 saturated carbocycles. The zero-order chi connectivity index (χ0) is 12.7. The van der Waals surface area contributed by atoms with Crippen molar-refractivity contribution in [3.63, 3.8) is 0 Å². The highest BCUT2D eigenvalue weighted by molar-refractivity contribution is 5.31. The van der Waals surface area contributed by atoms with Gasteiger partial charge in [-0.2, -0.15) is 0 Å². The smallest absolute Gasteiger partial charge is 0.122 e. The van der Waals surface area contributed by atoms with E-state index in [1.165, 1.54) is 0 Å². The van der Waals surface area contributed by atoms with Gasteiger partial charge in [-0.1, -0.05) is 13.8 Å². The van der Waals surface area contributed by atoms with Crippen molar-refractivity contribution < 1.29 is 14.6 Å². The van der Waals surface area contributed by atoms with E-state index in [9.17, 15) is 5.11 Å². The molecule has 96 valence electrons. The van der Waals surface area contributed by atoms with Gasteiger partial charge in [0.25, 0.3) is 0 Å². The van der Waals surface area contributed by atoms with Crippen LogP contribution in [0.25, 0.3) is 0 Å². The summed E-state index contributed by atoms with van der Waals surface area (Å²) in [6.45, 7) is 6.61. The number of ether oxygens (including phenoxy) is 2. The largest absolute Gasteiger partial charge is 0.494 e. The average molecular weight is 238 g/mol. The molecule has 1 aromatic carbocycles. The monoisotopic (exact) mass is 238 g/mol. The molecule has 2 unspecified atom stereocenters. The number of hydrogen-bond acceptors (Lipinski definition) is 3. The second kappa shape index (κ2) is 7.17. The van der Waals surface area contributed by atoms with Crippen molar-refractivity contribution in [3.05, 3.63) is 24.3 Å². The Morgan fingerprint density at radius 1 is 1.12 bits per heavy atom. The molecule has 0 heterocycles. The first kappa shape index (κ1) is 13.8. The maximum atomic E-state index is 9.61. The summed E-state index contributed by atoms with van der Waals surface area (Å²) in [5, 5.41) is 9.61. The Kier molecular flexibility index (Phi) is 5.84. The molecule has 2 atom stereocenters. The van der Waals surface area contributed by atoms with Crippen LogP contribution in [-0.2, 0) is 0 Å². The van der Waals surface area contributed by atoms with E-state index in [2.05, 4.69) is 6.92 Å². The Labute approximate surface area is 103 Å². The summed E-state index contributed by atoms with van der Waals surface area (Å²) >= 11 is 0. The lowest BCUT2D eigenvalue weighted by Crippen LogP contribution is -2.27. The van der Waals surface area contributed by atoms with Gasteiger partial charge < -0.3 is 14.6 Å². The normalized spacial score (nSPS) is 14.1. The van der Waals surface area contributed by atoms with Gasteiger partial charge in [0.2, 0.25) is 0 Å². The van der Waals surface area contributed by atoms with Gasteiger partial charge >= 0.3 is 0 Å². The fraction of sp³-hybridized carbons (Fsp3) is 0.571. The first-order valence-electron chi connectivity index (χ1n) is 6.25. The maximum Gasteiger partial charge on any atom is 0.122 e. The van der Waals surface area contributed by atoms with Crippen molar-refractivity contribution in [2.75, 3.05) is 6.61 Å². The van der Waals surface area contributed by atoms with Crippen molar-refractivity contribution >= 4 is 0 Å². The molecule has 0 saturated heterocycles. The molecule has 0 aliphatic rings. The Hall–Kier alpha value is -1.22. The predicted molar refractivity (Wildman–Crippen MR) is 68.6 cm³/mol. The van der Waals surface area contributed by atoms with Crippen molar-refractivity contribution in [1.29, 1.82) is 0 Å². The van der Waals surface area contributed by atoms with E-state index in [1.54, 1.807) is 0 Å². The maximum absolute atomic E-state index is 9.61. The van der Waals surface area contributed by atoms with Gasteiger partial charge in [0.05, 0.1) is 12.7 Å². The first-order chi connectivity index (χ1) is 8.17. The summed E-state index contributed by atoms with van der Waals surface area (Å²) in [6, 6.07) is 7.50. The minimum Gasteiger partial charge on any atom is -0.494 e. The van der Waals surface area contributed by atoms with Gasteiger partial charge in [0.1, 0.15) is 17.6 Å². The molecule has 1 aromatic rings. The highest BCUT2D eigenvalue weighted by atomic mass is 16.5. The highest BCUT2D eigenvalue weighted by Gasteiger charge is 2.13. The number of benzene rings is 1. The molecular weight excluding hydrogens is 216 g/mol. The summed E-state index contributed by atoms with van der Waals surface area (Å²) in [5.74, 6) is 1.61. The third-order valence-corrected chi connectivity index (χ3v) is 2.58. The third kappa shape index (κ3) is 4.65. The molecule has 0 amide bonds. The number of rotatable bonds is 7. The van der Waals surface area contributed by atoms with Crippen LogP contribution in [0.2, 0.25) is 0 Å². The van der Waals surface area contributed by atoms with E-state index in [1.807, 2.05) is 38.1 Å².